The quantitative estimate of drug-likeness (QED) is 0.806. The summed E-state index contributed by atoms with van der Waals surface area (Å²) in [7, 11) is 1.55. The van der Waals surface area contributed by atoms with Crippen molar-refractivity contribution in [1.29, 1.82) is 0 Å². The van der Waals surface area contributed by atoms with Crippen molar-refractivity contribution in [2.75, 3.05) is 45.2 Å². The van der Waals surface area contributed by atoms with Crippen molar-refractivity contribution >= 4 is 17.5 Å². The van der Waals surface area contributed by atoms with Crippen molar-refractivity contribution in [3.63, 3.8) is 0 Å². The Morgan fingerprint density at radius 3 is 2.23 bits per heavy atom. The molecule has 30 heavy (non-hydrogen) atoms. The molecule has 1 heterocycles. The summed E-state index contributed by atoms with van der Waals surface area (Å²) in [4.78, 5) is 28.3. The van der Waals surface area contributed by atoms with Crippen molar-refractivity contribution in [2.45, 2.75) is 6.18 Å². The molecule has 2 aromatic carbocycles. The van der Waals surface area contributed by atoms with Gasteiger partial charge in [-0.1, -0.05) is 12.1 Å². The van der Waals surface area contributed by atoms with Crippen LogP contribution in [0.4, 0.5) is 18.9 Å². The molecule has 0 bridgehead atoms. The number of alkyl halides is 3. The summed E-state index contributed by atoms with van der Waals surface area (Å²) >= 11 is 0. The van der Waals surface area contributed by atoms with Gasteiger partial charge in [-0.3, -0.25) is 14.5 Å². The average Bonchev–Trinajstić information content (AvgIpc) is 2.73. The third kappa shape index (κ3) is 5.29. The summed E-state index contributed by atoms with van der Waals surface area (Å²) in [6.07, 6.45) is -4.54. The van der Waals surface area contributed by atoms with Gasteiger partial charge in [0.15, 0.2) is 0 Å². The van der Waals surface area contributed by atoms with Crippen LogP contribution in [-0.2, 0) is 11.0 Å². The molecule has 3 rings (SSSR count). The number of anilines is 1. The van der Waals surface area contributed by atoms with Crippen molar-refractivity contribution in [1.82, 2.24) is 9.80 Å². The number of amides is 2. The highest BCUT2D eigenvalue weighted by Gasteiger charge is 2.33. The number of hydrogen-bond donors (Lipinski definition) is 1. The Morgan fingerprint density at radius 2 is 1.63 bits per heavy atom. The molecule has 0 radical (unpaired) electrons. The Labute approximate surface area is 172 Å². The maximum Gasteiger partial charge on any atom is 0.418 e. The number of benzene rings is 2. The highest BCUT2D eigenvalue weighted by molar-refractivity contribution is 5.95. The Kier molecular flexibility index (Phi) is 6.61. The third-order valence-electron chi connectivity index (χ3n) is 4.87. The lowest BCUT2D eigenvalue weighted by molar-refractivity contribution is -0.137. The molecule has 0 saturated carbocycles. The number of rotatable bonds is 5. The Bertz CT molecular complexity index is 892. The summed E-state index contributed by atoms with van der Waals surface area (Å²) < 4.78 is 44.2. The van der Waals surface area contributed by atoms with Gasteiger partial charge in [0.1, 0.15) is 5.75 Å². The van der Waals surface area contributed by atoms with Gasteiger partial charge >= 0.3 is 6.18 Å². The summed E-state index contributed by atoms with van der Waals surface area (Å²) in [5.41, 5.74) is -0.595. The largest absolute Gasteiger partial charge is 0.497 e. The Balaban J connectivity index is 1.52. The fraction of sp³-hybridized carbons (Fsp3) is 0.333. The first-order chi connectivity index (χ1) is 14.3. The molecule has 2 aromatic rings. The number of carbonyl (C=O) groups excluding carboxylic acids is 2. The highest BCUT2D eigenvalue weighted by atomic mass is 19.4. The van der Waals surface area contributed by atoms with E-state index in [9.17, 15) is 22.8 Å². The summed E-state index contributed by atoms with van der Waals surface area (Å²) in [5, 5.41) is 2.34. The minimum absolute atomic E-state index is 0.0449. The third-order valence-corrected chi connectivity index (χ3v) is 4.87. The van der Waals surface area contributed by atoms with Crippen molar-refractivity contribution in [2.24, 2.45) is 0 Å². The molecule has 6 nitrogen and oxygen atoms in total. The Morgan fingerprint density at radius 1 is 1.00 bits per heavy atom. The number of para-hydroxylation sites is 1. The van der Waals surface area contributed by atoms with Crippen molar-refractivity contribution < 1.29 is 27.5 Å². The molecule has 1 saturated heterocycles. The van der Waals surface area contributed by atoms with Crippen LogP contribution in [0, 0.1) is 0 Å². The van der Waals surface area contributed by atoms with E-state index in [1.54, 1.807) is 36.3 Å². The van der Waals surface area contributed by atoms with Gasteiger partial charge in [-0.05, 0) is 36.4 Å². The van der Waals surface area contributed by atoms with Crippen LogP contribution < -0.4 is 10.1 Å². The predicted molar refractivity (Wildman–Crippen MR) is 105 cm³/mol. The molecule has 0 unspecified atom stereocenters. The minimum Gasteiger partial charge on any atom is -0.497 e. The second-order valence-electron chi connectivity index (χ2n) is 6.89. The predicted octanol–water partition coefficient (Wildman–Crippen LogP) is 3.11. The van der Waals surface area contributed by atoms with Crippen molar-refractivity contribution in [3.8, 4) is 5.75 Å². The molecule has 0 spiro atoms. The van der Waals surface area contributed by atoms with E-state index in [-0.39, 0.29) is 18.1 Å². The molecule has 0 aliphatic carbocycles. The standard InChI is InChI=1S/C21H22F3N3O3/c1-30-16-8-6-15(7-9-16)20(29)27-12-10-26(11-13-27)14-19(28)25-18-5-3-2-4-17(18)21(22,23)24/h2-9H,10-14H2,1H3,(H,25,28). The molecule has 1 aliphatic rings. The average molecular weight is 421 g/mol. The number of nitrogens with one attached hydrogen (secondary N) is 1. The zero-order valence-electron chi connectivity index (χ0n) is 16.4. The molecule has 9 heteroatoms. The SMILES string of the molecule is COc1ccc(C(=O)N2CCN(CC(=O)Nc3ccccc3C(F)(F)F)CC2)cc1. The lowest BCUT2D eigenvalue weighted by Crippen LogP contribution is -2.50. The second-order valence-corrected chi connectivity index (χ2v) is 6.89. The van der Waals surface area contributed by atoms with Gasteiger partial charge in [0, 0.05) is 31.7 Å². The van der Waals surface area contributed by atoms with Crippen LogP contribution in [0.3, 0.4) is 0 Å². The lowest BCUT2D eigenvalue weighted by atomic mass is 10.1. The van der Waals surface area contributed by atoms with Gasteiger partial charge in [0.25, 0.3) is 5.91 Å². The van der Waals surface area contributed by atoms with E-state index in [0.717, 1.165) is 6.07 Å². The van der Waals surface area contributed by atoms with E-state index in [0.29, 0.717) is 37.5 Å². The first-order valence-electron chi connectivity index (χ1n) is 9.39. The Hall–Kier alpha value is -3.07. The molecule has 2 amide bonds. The van der Waals surface area contributed by atoms with Crippen LogP contribution in [0.2, 0.25) is 0 Å². The van der Waals surface area contributed by atoms with Gasteiger partial charge in [0.05, 0.1) is 24.9 Å². The lowest BCUT2D eigenvalue weighted by Gasteiger charge is -2.34. The smallest absolute Gasteiger partial charge is 0.418 e. The molecule has 160 valence electrons. The van der Waals surface area contributed by atoms with E-state index >= 15 is 0 Å². The fourth-order valence-corrected chi connectivity index (χ4v) is 3.26. The summed E-state index contributed by atoms with van der Waals surface area (Å²) in [5.74, 6) is 0.0250. The zero-order chi connectivity index (χ0) is 21.7. The molecular formula is C21H22F3N3O3. The number of methoxy groups -OCH3 is 1. The molecule has 1 N–H and O–H groups in total. The van der Waals surface area contributed by atoms with Crippen LogP contribution >= 0.6 is 0 Å². The fourth-order valence-electron chi connectivity index (χ4n) is 3.26. The van der Waals surface area contributed by atoms with E-state index < -0.39 is 17.6 Å². The van der Waals surface area contributed by atoms with E-state index in [1.807, 2.05) is 4.90 Å². The van der Waals surface area contributed by atoms with E-state index in [4.69, 9.17) is 4.74 Å². The number of halogens is 3. The monoisotopic (exact) mass is 421 g/mol. The van der Waals surface area contributed by atoms with Gasteiger partial charge < -0.3 is 15.0 Å². The van der Waals surface area contributed by atoms with Gasteiger partial charge in [-0.15, -0.1) is 0 Å². The van der Waals surface area contributed by atoms with Crippen LogP contribution in [0.15, 0.2) is 48.5 Å². The minimum atomic E-state index is -4.54. The summed E-state index contributed by atoms with van der Waals surface area (Å²) in [6, 6.07) is 11.7. The molecule has 0 aromatic heterocycles. The molecule has 1 aliphatic heterocycles. The van der Waals surface area contributed by atoms with Crippen LogP contribution in [0.5, 0.6) is 5.75 Å². The van der Waals surface area contributed by atoms with E-state index in [1.165, 1.54) is 18.2 Å². The first kappa shape index (κ1) is 21.6. The maximum absolute atomic E-state index is 13.1. The summed E-state index contributed by atoms with van der Waals surface area (Å²) in [6.45, 7) is 1.72. The highest BCUT2D eigenvalue weighted by Crippen LogP contribution is 2.34. The molecule has 0 atom stereocenters. The van der Waals surface area contributed by atoms with Gasteiger partial charge in [0.2, 0.25) is 5.91 Å². The molecule has 1 fully saturated rings. The normalized spacial score (nSPS) is 15.0. The number of piperazine rings is 1. The van der Waals surface area contributed by atoms with Gasteiger partial charge in [-0.25, -0.2) is 0 Å². The second kappa shape index (κ2) is 9.17. The van der Waals surface area contributed by atoms with E-state index in [2.05, 4.69) is 5.32 Å². The number of ether oxygens (including phenoxy) is 1. The van der Waals surface area contributed by atoms with Crippen LogP contribution in [0.25, 0.3) is 0 Å². The first-order valence-corrected chi connectivity index (χ1v) is 9.39. The number of hydrogen-bond acceptors (Lipinski definition) is 4. The van der Waals surface area contributed by atoms with Crippen molar-refractivity contribution in [3.05, 3.63) is 59.7 Å². The van der Waals surface area contributed by atoms with Crippen LogP contribution in [-0.4, -0.2) is 61.4 Å². The number of nitrogens with zero attached hydrogens (tertiary/aromatic N) is 2. The zero-order valence-corrected chi connectivity index (χ0v) is 16.4. The topological polar surface area (TPSA) is 61.9 Å². The van der Waals surface area contributed by atoms with Crippen LogP contribution in [0.1, 0.15) is 15.9 Å². The number of carbonyl (C=O) groups is 2. The van der Waals surface area contributed by atoms with Gasteiger partial charge in [-0.2, -0.15) is 13.2 Å². The molecular weight excluding hydrogens is 399 g/mol. The maximum atomic E-state index is 13.1.